The number of carbonyl (C=O) groups excluding carboxylic acids is 1. The molecule has 3 aromatic rings. The van der Waals surface area contributed by atoms with Gasteiger partial charge < -0.3 is 9.54 Å². The second-order valence-electron chi connectivity index (χ2n) is 5.29. The zero-order valence-corrected chi connectivity index (χ0v) is 13.4. The van der Waals surface area contributed by atoms with Gasteiger partial charge in [0.1, 0.15) is 17.0 Å². The maximum atomic E-state index is 12.4. The fourth-order valence-electron chi connectivity index (χ4n) is 2.93. The standard InChI is InChI=1S/C16H14N2O2S2/c19-13-7-2-5-11-10-4-1-6-12(15(10)17-16(11)13)18-22(20)14-8-3-9-21-14/h1,3-4,6,8-9,17-18H,2,5,7H2. The molecule has 2 heterocycles. The Bertz CT molecular complexity index is 839. The first kappa shape index (κ1) is 13.9. The number of rotatable bonds is 3. The number of H-pyrrole nitrogens is 1. The number of thiophene rings is 1. The van der Waals surface area contributed by atoms with Gasteiger partial charge in [-0.2, -0.15) is 0 Å². The van der Waals surface area contributed by atoms with Gasteiger partial charge in [0.2, 0.25) is 4.21 Å². The molecule has 4 nitrogen and oxygen atoms in total. The molecule has 22 heavy (non-hydrogen) atoms. The summed E-state index contributed by atoms with van der Waals surface area (Å²) in [7, 11) is 0. The fourth-order valence-corrected chi connectivity index (χ4v) is 4.69. The molecule has 112 valence electrons. The van der Waals surface area contributed by atoms with Crippen LogP contribution in [0.25, 0.3) is 10.9 Å². The molecule has 4 rings (SSSR count). The highest BCUT2D eigenvalue weighted by molar-refractivity contribution is 7.94. The minimum absolute atomic E-state index is 0.169. The number of carbonyl (C=O) groups is 1. The number of benzene rings is 1. The summed E-state index contributed by atoms with van der Waals surface area (Å²) in [5.41, 5.74) is 3.45. The molecule has 0 spiro atoms. The Morgan fingerprint density at radius 1 is 1.23 bits per heavy atom. The van der Waals surface area contributed by atoms with Crippen LogP contribution in [0.4, 0.5) is 5.69 Å². The van der Waals surface area contributed by atoms with E-state index < -0.39 is 11.4 Å². The zero-order chi connectivity index (χ0) is 15.1. The van der Waals surface area contributed by atoms with Crippen molar-refractivity contribution in [2.75, 3.05) is 4.72 Å². The third kappa shape index (κ3) is 2.24. The highest BCUT2D eigenvalue weighted by Gasteiger charge is 2.24. The van der Waals surface area contributed by atoms with Crippen molar-refractivity contribution >= 4 is 45.1 Å². The number of hydrogen-bond acceptors (Lipinski definition) is 4. The van der Waals surface area contributed by atoms with Gasteiger partial charge in [0.25, 0.3) is 0 Å². The number of hydrogen-bond donors (Lipinski definition) is 2. The number of ketones is 1. The first-order chi connectivity index (χ1) is 10.7. The van der Waals surface area contributed by atoms with Crippen LogP contribution in [0, 0.1) is 0 Å². The molecule has 0 radical (unpaired) electrons. The van der Waals surface area contributed by atoms with E-state index in [0.717, 1.165) is 44.9 Å². The lowest BCUT2D eigenvalue weighted by Crippen LogP contribution is -2.11. The largest absolute Gasteiger partial charge is 0.587 e. The van der Waals surface area contributed by atoms with Crippen molar-refractivity contribution < 1.29 is 9.35 Å². The predicted octanol–water partition coefficient (Wildman–Crippen LogP) is 3.88. The van der Waals surface area contributed by atoms with Crippen LogP contribution in [0.1, 0.15) is 28.9 Å². The van der Waals surface area contributed by atoms with E-state index in [0.29, 0.717) is 6.42 Å². The molecule has 0 bridgehead atoms. The topological polar surface area (TPSA) is 68.0 Å². The number of anilines is 1. The van der Waals surface area contributed by atoms with E-state index in [9.17, 15) is 9.35 Å². The fraction of sp³-hybridized carbons (Fsp3) is 0.188. The van der Waals surface area contributed by atoms with Crippen molar-refractivity contribution in [3.8, 4) is 0 Å². The van der Waals surface area contributed by atoms with Gasteiger partial charge in [0.05, 0.1) is 11.2 Å². The lowest BCUT2D eigenvalue weighted by atomic mass is 9.95. The molecule has 0 fully saturated rings. The van der Waals surface area contributed by atoms with E-state index in [-0.39, 0.29) is 5.78 Å². The molecule has 0 saturated heterocycles. The van der Waals surface area contributed by atoms with Crippen LogP contribution in [-0.2, 0) is 17.8 Å². The molecule has 2 N–H and O–H groups in total. The number of para-hydroxylation sites is 1. The minimum atomic E-state index is -1.29. The Morgan fingerprint density at radius 3 is 2.95 bits per heavy atom. The molecular formula is C16H14N2O2S2. The second kappa shape index (κ2) is 5.46. The van der Waals surface area contributed by atoms with E-state index in [1.165, 1.54) is 11.3 Å². The van der Waals surface area contributed by atoms with Crippen molar-refractivity contribution in [1.82, 2.24) is 4.98 Å². The lowest BCUT2D eigenvalue weighted by molar-refractivity contribution is 0.0968. The number of fused-ring (bicyclic) bond motifs is 3. The maximum Gasteiger partial charge on any atom is 0.233 e. The number of nitrogens with one attached hydrogen (secondary N) is 2. The van der Waals surface area contributed by atoms with Crippen LogP contribution in [0.2, 0.25) is 0 Å². The van der Waals surface area contributed by atoms with Crippen molar-refractivity contribution in [2.24, 2.45) is 0 Å². The highest BCUT2D eigenvalue weighted by Crippen LogP contribution is 2.33. The van der Waals surface area contributed by atoms with Gasteiger partial charge >= 0.3 is 0 Å². The SMILES string of the molecule is O=C1CCCc2c1[nH]c1c(N[S+]([O-])c3cccs3)cccc21. The van der Waals surface area contributed by atoms with Gasteiger partial charge in [-0.15, -0.1) is 0 Å². The smallest absolute Gasteiger partial charge is 0.233 e. The summed E-state index contributed by atoms with van der Waals surface area (Å²) in [6.45, 7) is 0. The molecule has 2 aromatic heterocycles. The molecule has 1 aromatic carbocycles. The molecule has 6 heteroatoms. The van der Waals surface area contributed by atoms with E-state index in [1.807, 2.05) is 35.7 Å². The van der Waals surface area contributed by atoms with Crippen molar-refractivity contribution in [3.05, 3.63) is 47.0 Å². The van der Waals surface area contributed by atoms with Gasteiger partial charge in [0, 0.05) is 17.9 Å². The monoisotopic (exact) mass is 330 g/mol. The van der Waals surface area contributed by atoms with Crippen LogP contribution >= 0.6 is 11.3 Å². The van der Waals surface area contributed by atoms with E-state index in [2.05, 4.69) is 9.71 Å². The maximum absolute atomic E-state index is 12.4. The van der Waals surface area contributed by atoms with Gasteiger partial charge in [0.15, 0.2) is 5.78 Å². The Balaban J connectivity index is 1.77. The number of aromatic nitrogens is 1. The minimum Gasteiger partial charge on any atom is -0.587 e. The van der Waals surface area contributed by atoms with Crippen LogP contribution in [-0.4, -0.2) is 15.3 Å². The summed E-state index contributed by atoms with van der Waals surface area (Å²) in [6.07, 6.45) is 2.42. The van der Waals surface area contributed by atoms with Crippen molar-refractivity contribution in [1.29, 1.82) is 0 Å². The van der Waals surface area contributed by atoms with Crippen LogP contribution in [0.3, 0.4) is 0 Å². The van der Waals surface area contributed by atoms with Crippen LogP contribution in [0.15, 0.2) is 39.9 Å². The third-order valence-corrected chi connectivity index (χ3v) is 6.24. The Hall–Kier alpha value is -1.76. The number of Topliss-reactive ketones (excluding diaryl/α,β-unsaturated/α-hetero) is 1. The first-order valence-corrected chi connectivity index (χ1v) is 9.15. The Morgan fingerprint density at radius 2 is 2.14 bits per heavy atom. The normalized spacial score (nSPS) is 15.8. The summed E-state index contributed by atoms with van der Waals surface area (Å²) in [5, 5.41) is 2.96. The Kier molecular flexibility index (Phi) is 3.44. The molecule has 0 aliphatic heterocycles. The van der Waals surface area contributed by atoms with Crippen LogP contribution in [0.5, 0.6) is 0 Å². The first-order valence-electron chi connectivity index (χ1n) is 7.13. The molecule has 0 saturated carbocycles. The lowest BCUT2D eigenvalue weighted by Gasteiger charge is -2.10. The van der Waals surface area contributed by atoms with Gasteiger partial charge in [-0.25, -0.2) is 4.72 Å². The average molecular weight is 330 g/mol. The molecule has 1 atom stereocenters. The highest BCUT2D eigenvalue weighted by atomic mass is 32.2. The van der Waals surface area contributed by atoms with Gasteiger partial charge in [-0.1, -0.05) is 23.5 Å². The zero-order valence-electron chi connectivity index (χ0n) is 11.7. The summed E-state index contributed by atoms with van der Waals surface area (Å²) >= 11 is 0.166. The number of aromatic amines is 1. The summed E-state index contributed by atoms with van der Waals surface area (Å²) < 4.78 is 16.2. The Labute approximate surface area is 134 Å². The van der Waals surface area contributed by atoms with E-state index >= 15 is 0 Å². The summed E-state index contributed by atoms with van der Waals surface area (Å²) in [6, 6.07) is 9.57. The molecule has 1 aliphatic rings. The van der Waals surface area contributed by atoms with Crippen LogP contribution < -0.4 is 4.72 Å². The number of aryl methyl sites for hydroxylation is 1. The van der Waals surface area contributed by atoms with E-state index in [4.69, 9.17) is 0 Å². The molecule has 1 unspecified atom stereocenters. The summed E-state index contributed by atoms with van der Waals surface area (Å²) in [4.78, 5) is 15.3. The van der Waals surface area contributed by atoms with E-state index in [1.54, 1.807) is 0 Å². The predicted molar refractivity (Wildman–Crippen MR) is 89.9 cm³/mol. The van der Waals surface area contributed by atoms with Crippen molar-refractivity contribution in [2.45, 2.75) is 23.5 Å². The van der Waals surface area contributed by atoms with Gasteiger partial charge in [-0.05, 0) is 35.9 Å². The summed E-state index contributed by atoms with van der Waals surface area (Å²) in [5.74, 6) is 0.169. The van der Waals surface area contributed by atoms with Gasteiger partial charge in [-0.3, -0.25) is 4.79 Å². The third-order valence-electron chi connectivity index (χ3n) is 3.93. The average Bonchev–Trinajstić information content (AvgIpc) is 3.16. The van der Waals surface area contributed by atoms with Crippen molar-refractivity contribution in [3.63, 3.8) is 0 Å². The molecular weight excluding hydrogens is 316 g/mol. The molecule has 0 amide bonds. The second-order valence-corrected chi connectivity index (χ2v) is 7.67. The quantitative estimate of drug-likeness (QED) is 0.716. The molecule has 1 aliphatic carbocycles.